The Labute approximate surface area is 76.6 Å². The smallest absolute Gasteiger partial charge is 0.331 e. The molecule has 0 fully saturated rings. The second-order valence-corrected chi connectivity index (χ2v) is 2.60. The molecule has 0 atom stereocenters. The van der Waals surface area contributed by atoms with Crippen LogP contribution >= 0.6 is 0 Å². The Morgan fingerprint density at radius 1 is 1.31 bits per heavy atom. The number of nitrogens with one attached hydrogen (secondary N) is 1. The van der Waals surface area contributed by atoms with Crippen LogP contribution in [0.15, 0.2) is 11.1 Å². The first-order chi connectivity index (χ1) is 6.00. The molecule has 0 unspecified atom stereocenters. The summed E-state index contributed by atoms with van der Waals surface area (Å²) < 4.78 is 0. The summed E-state index contributed by atoms with van der Waals surface area (Å²) in [5.41, 5.74) is 5.43. The van der Waals surface area contributed by atoms with Gasteiger partial charge in [0.15, 0.2) is 0 Å². The lowest BCUT2D eigenvalue weighted by atomic mass is 10.1. The van der Waals surface area contributed by atoms with Gasteiger partial charge in [0.25, 0.3) is 0 Å². The maximum absolute atomic E-state index is 11.2. The first-order valence-corrected chi connectivity index (χ1v) is 3.89. The number of carboxylic acid groups (broad SMARTS) is 1. The predicted octanol–water partition coefficient (Wildman–Crippen LogP) is -0.518. The molecule has 0 aliphatic heterocycles. The van der Waals surface area contributed by atoms with Crippen LogP contribution in [0.3, 0.4) is 0 Å². The molecule has 0 saturated carbocycles. The molecular weight excluding hydrogens is 172 g/mol. The molecule has 0 saturated heterocycles. The van der Waals surface area contributed by atoms with Gasteiger partial charge in [-0.3, -0.25) is 4.79 Å². The standard InChI is InChI=1S/C8H14N2O3/c1-5(6(2)8(12)13)7(11)10-4-3-9/h3-4,9H2,1-2H3,(H,10,11)(H,12,13). The van der Waals surface area contributed by atoms with Crippen molar-refractivity contribution in [3.8, 4) is 0 Å². The maximum Gasteiger partial charge on any atom is 0.331 e. The van der Waals surface area contributed by atoms with E-state index in [9.17, 15) is 9.59 Å². The SMILES string of the molecule is CC(C(=O)O)=C(C)C(=O)NCCN. The number of aliphatic carboxylic acids is 1. The molecule has 0 spiro atoms. The van der Waals surface area contributed by atoms with E-state index in [1.165, 1.54) is 13.8 Å². The quantitative estimate of drug-likeness (QED) is 0.515. The van der Waals surface area contributed by atoms with E-state index in [-0.39, 0.29) is 17.1 Å². The van der Waals surface area contributed by atoms with Gasteiger partial charge in [-0.25, -0.2) is 4.79 Å². The topological polar surface area (TPSA) is 92.4 Å². The highest BCUT2D eigenvalue weighted by Gasteiger charge is 2.11. The van der Waals surface area contributed by atoms with Gasteiger partial charge in [0.2, 0.25) is 5.91 Å². The summed E-state index contributed by atoms with van der Waals surface area (Å²) in [6.07, 6.45) is 0. The average Bonchev–Trinajstić information content (AvgIpc) is 2.11. The fourth-order valence-electron chi connectivity index (χ4n) is 0.649. The van der Waals surface area contributed by atoms with Crippen molar-refractivity contribution in [2.24, 2.45) is 5.73 Å². The zero-order chi connectivity index (χ0) is 10.4. The zero-order valence-electron chi connectivity index (χ0n) is 7.76. The van der Waals surface area contributed by atoms with Crippen LogP contribution in [0.1, 0.15) is 13.8 Å². The molecule has 1 amide bonds. The van der Waals surface area contributed by atoms with Gasteiger partial charge in [0.05, 0.1) is 0 Å². The fraction of sp³-hybridized carbons (Fsp3) is 0.500. The Morgan fingerprint density at radius 3 is 2.23 bits per heavy atom. The number of amides is 1. The number of hydrogen-bond donors (Lipinski definition) is 3. The predicted molar refractivity (Wildman–Crippen MR) is 48.1 cm³/mol. The minimum absolute atomic E-state index is 0.0505. The summed E-state index contributed by atoms with van der Waals surface area (Å²) in [6, 6.07) is 0. The molecule has 4 N–H and O–H groups in total. The Bertz CT molecular complexity index is 246. The second-order valence-electron chi connectivity index (χ2n) is 2.60. The number of carbonyl (C=O) groups is 2. The third-order valence-electron chi connectivity index (χ3n) is 1.65. The summed E-state index contributed by atoms with van der Waals surface area (Å²) in [5.74, 6) is -1.47. The lowest BCUT2D eigenvalue weighted by Crippen LogP contribution is -2.30. The Kier molecular flexibility index (Phi) is 4.76. The minimum Gasteiger partial charge on any atom is -0.478 e. The summed E-state index contributed by atoms with van der Waals surface area (Å²) in [7, 11) is 0. The Hall–Kier alpha value is -1.36. The number of carboxylic acids is 1. The van der Waals surface area contributed by atoms with Gasteiger partial charge < -0.3 is 16.2 Å². The van der Waals surface area contributed by atoms with Crippen LogP contribution in [-0.2, 0) is 9.59 Å². The van der Waals surface area contributed by atoms with Crippen LogP contribution in [0.5, 0.6) is 0 Å². The van der Waals surface area contributed by atoms with Gasteiger partial charge in [-0.05, 0) is 13.8 Å². The lowest BCUT2D eigenvalue weighted by Gasteiger charge is -2.04. The summed E-state index contributed by atoms with van der Waals surface area (Å²) >= 11 is 0. The molecule has 0 radical (unpaired) electrons. The van der Waals surface area contributed by atoms with Crippen molar-refractivity contribution in [2.75, 3.05) is 13.1 Å². The van der Waals surface area contributed by atoms with E-state index < -0.39 is 5.97 Å². The van der Waals surface area contributed by atoms with Gasteiger partial charge in [0.1, 0.15) is 0 Å². The molecule has 0 aliphatic rings. The molecule has 0 aliphatic carbocycles. The monoisotopic (exact) mass is 186 g/mol. The molecule has 0 bridgehead atoms. The van der Waals surface area contributed by atoms with Crippen LogP contribution < -0.4 is 11.1 Å². The van der Waals surface area contributed by atoms with Crippen LogP contribution in [0.4, 0.5) is 0 Å². The van der Waals surface area contributed by atoms with Crippen LogP contribution in [0, 0.1) is 0 Å². The molecule has 0 rings (SSSR count). The fourth-order valence-corrected chi connectivity index (χ4v) is 0.649. The third kappa shape index (κ3) is 3.71. The number of carbonyl (C=O) groups excluding carboxylic acids is 1. The molecule has 0 aromatic heterocycles. The molecule has 13 heavy (non-hydrogen) atoms. The highest BCUT2D eigenvalue weighted by Crippen LogP contribution is 2.02. The van der Waals surface area contributed by atoms with Crippen molar-refractivity contribution >= 4 is 11.9 Å². The highest BCUT2D eigenvalue weighted by atomic mass is 16.4. The lowest BCUT2D eigenvalue weighted by molar-refractivity contribution is -0.133. The zero-order valence-corrected chi connectivity index (χ0v) is 7.76. The number of hydrogen-bond acceptors (Lipinski definition) is 3. The molecule has 5 nitrogen and oxygen atoms in total. The molecule has 5 heteroatoms. The molecular formula is C8H14N2O3. The number of rotatable bonds is 4. The van der Waals surface area contributed by atoms with E-state index in [0.29, 0.717) is 13.1 Å². The molecule has 74 valence electrons. The minimum atomic E-state index is -1.08. The molecule has 0 aromatic rings. The van der Waals surface area contributed by atoms with Crippen molar-refractivity contribution in [1.82, 2.24) is 5.32 Å². The van der Waals surface area contributed by atoms with E-state index >= 15 is 0 Å². The van der Waals surface area contributed by atoms with E-state index in [0.717, 1.165) is 0 Å². The molecule has 0 heterocycles. The van der Waals surface area contributed by atoms with Gasteiger partial charge in [-0.1, -0.05) is 0 Å². The third-order valence-corrected chi connectivity index (χ3v) is 1.65. The van der Waals surface area contributed by atoms with Crippen molar-refractivity contribution in [1.29, 1.82) is 0 Å². The van der Waals surface area contributed by atoms with E-state index in [1.54, 1.807) is 0 Å². The first kappa shape index (κ1) is 11.6. The van der Waals surface area contributed by atoms with Crippen molar-refractivity contribution in [3.05, 3.63) is 11.1 Å². The van der Waals surface area contributed by atoms with E-state index in [1.807, 2.05) is 0 Å². The largest absolute Gasteiger partial charge is 0.478 e. The van der Waals surface area contributed by atoms with Crippen LogP contribution in [-0.4, -0.2) is 30.1 Å². The van der Waals surface area contributed by atoms with Crippen LogP contribution in [0.2, 0.25) is 0 Å². The normalized spacial score (nSPS) is 11.9. The summed E-state index contributed by atoms with van der Waals surface area (Å²) in [6.45, 7) is 3.54. The van der Waals surface area contributed by atoms with Gasteiger partial charge in [-0.15, -0.1) is 0 Å². The van der Waals surface area contributed by atoms with E-state index in [2.05, 4.69) is 5.32 Å². The number of nitrogens with two attached hydrogens (primary N) is 1. The van der Waals surface area contributed by atoms with Gasteiger partial charge in [-0.2, -0.15) is 0 Å². The molecule has 0 aromatic carbocycles. The Morgan fingerprint density at radius 2 is 1.85 bits per heavy atom. The maximum atomic E-state index is 11.2. The second kappa shape index (κ2) is 5.31. The average molecular weight is 186 g/mol. The van der Waals surface area contributed by atoms with Gasteiger partial charge in [0, 0.05) is 24.2 Å². The van der Waals surface area contributed by atoms with E-state index in [4.69, 9.17) is 10.8 Å². The first-order valence-electron chi connectivity index (χ1n) is 3.89. The van der Waals surface area contributed by atoms with Crippen LogP contribution in [0.25, 0.3) is 0 Å². The van der Waals surface area contributed by atoms with Crippen molar-refractivity contribution in [2.45, 2.75) is 13.8 Å². The van der Waals surface area contributed by atoms with Gasteiger partial charge >= 0.3 is 5.97 Å². The highest BCUT2D eigenvalue weighted by molar-refractivity contribution is 6.01. The van der Waals surface area contributed by atoms with Crippen molar-refractivity contribution < 1.29 is 14.7 Å². The Balaban J connectivity index is 4.40. The summed E-state index contributed by atoms with van der Waals surface area (Å²) in [5, 5.41) is 11.0. The van der Waals surface area contributed by atoms with Crippen molar-refractivity contribution in [3.63, 3.8) is 0 Å². The summed E-state index contributed by atoms with van der Waals surface area (Å²) in [4.78, 5) is 21.6.